The molecular formula is C21H27BrN2O4. The van der Waals surface area contributed by atoms with Crippen LogP contribution in [-0.2, 0) is 16.1 Å². The van der Waals surface area contributed by atoms with E-state index in [1.54, 1.807) is 7.11 Å². The Morgan fingerprint density at radius 1 is 1.11 bits per heavy atom. The molecule has 0 spiro atoms. The standard InChI is InChI=1S/C21H27BrN2O4/c1-4-27-19-11-16(13-23-9-10-26-3)18(22)12-20(19)28-14-21(25)24-17-7-5-15(2)6-8-17/h5-8,11-12,23H,4,9-10,13-14H2,1-3H3,(H,24,25). The largest absolute Gasteiger partial charge is 0.490 e. The van der Waals surface area contributed by atoms with E-state index in [1.807, 2.05) is 50.2 Å². The van der Waals surface area contributed by atoms with E-state index in [2.05, 4.69) is 26.6 Å². The Balaban J connectivity index is 1.99. The van der Waals surface area contributed by atoms with Crippen molar-refractivity contribution in [2.75, 3.05) is 38.8 Å². The highest BCUT2D eigenvalue weighted by Crippen LogP contribution is 2.34. The lowest BCUT2D eigenvalue weighted by Gasteiger charge is -2.15. The number of hydrogen-bond donors (Lipinski definition) is 2. The molecule has 0 aromatic heterocycles. The average Bonchev–Trinajstić information content (AvgIpc) is 2.68. The van der Waals surface area contributed by atoms with Crippen LogP contribution in [0.15, 0.2) is 40.9 Å². The van der Waals surface area contributed by atoms with Gasteiger partial charge >= 0.3 is 0 Å². The first-order valence-corrected chi connectivity index (χ1v) is 9.97. The molecule has 2 N–H and O–H groups in total. The molecule has 0 unspecified atom stereocenters. The van der Waals surface area contributed by atoms with Gasteiger partial charge in [-0.2, -0.15) is 0 Å². The highest BCUT2D eigenvalue weighted by molar-refractivity contribution is 9.10. The van der Waals surface area contributed by atoms with Crippen LogP contribution in [0, 0.1) is 6.92 Å². The smallest absolute Gasteiger partial charge is 0.262 e. The molecule has 152 valence electrons. The van der Waals surface area contributed by atoms with Crippen molar-refractivity contribution in [3.63, 3.8) is 0 Å². The van der Waals surface area contributed by atoms with Gasteiger partial charge in [0.05, 0.1) is 13.2 Å². The number of ether oxygens (including phenoxy) is 3. The van der Waals surface area contributed by atoms with Gasteiger partial charge in [0.1, 0.15) is 0 Å². The summed E-state index contributed by atoms with van der Waals surface area (Å²) in [5.41, 5.74) is 2.91. The summed E-state index contributed by atoms with van der Waals surface area (Å²) in [6.07, 6.45) is 0. The molecule has 0 aliphatic rings. The predicted octanol–water partition coefficient (Wildman–Crippen LogP) is 3.91. The van der Waals surface area contributed by atoms with E-state index in [0.717, 1.165) is 27.8 Å². The van der Waals surface area contributed by atoms with Crippen molar-refractivity contribution in [2.24, 2.45) is 0 Å². The van der Waals surface area contributed by atoms with Crippen molar-refractivity contribution >= 4 is 27.5 Å². The van der Waals surface area contributed by atoms with Gasteiger partial charge in [0, 0.05) is 30.4 Å². The second kappa shape index (κ2) is 11.7. The Labute approximate surface area is 174 Å². The zero-order chi connectivity index (χ0) is 20.4. The number of benzene rings is 2. The molecule has 0 saturated carbocycles. The molecule has 2 aromatic carbocycles. The third kappa shape index (κ3) is 7.14. The van der Waals surface area contributed by atoms with Gasteiger partial charge < -0.3 is 24.8 Å². The summed E-state index contributed by atoms with van der Waals surface area (Å²) in [7, 11) is 1.67. The number of rotatable bonds is 11. The van der Waals surface area contributed by atoms with Crippen LogP contribution in [0.1, 0.15) is 18.1 Å². The Morgan fingerprint density at radius 3 is 2.50 bits per heavy atom. The molecule has 0 bridgehead atoms. The van der Waals surface area contributed by atoms with Crippen LogP contribution < -0.4 is 20.1 Å². The summed E-state index contributed by atoms with van der Waals surface area (Å²) in [6, 6.07) is 11.4. The summed E-state index contributed by atoms with van der Waals surface area (Å²) in [6.45, 7) is 6.37. The van der Waals surface area contributed by atoms with E-state index in [0.29, 0.717) is 31.3 Å². The van der Waals surface area contributed by atoms with Gasteiger partial charge in [-0.1, -0.05) is 33.6 Å². The molecule has 0 radical (unpaired) electrons. The predicted molar refractivity (Wildman–Crippen MR) is 114 cm³/mol. The second-order valence-corrected chi connectivity index (χ2v) is 7.05. The van der Waals surface area contributed by atoms with Crippen LogP contribution in [0.2, 0.25) is 0 Å². The first-order chi connectivity index (χ1) is 13.5. The quantitative estimate of drug-likeness (QED) is 0.507. The number of carbonyl (C=O) groups is 1. The first-order valence-electron chi connectivity index (χ1n) is 9.17. The molecule has 0 fully saturated rings. The van der Waals surface area contributed by atoms with E-state index < -0.39 is 0 Å². The van der Waals surface area contributed by atoms with E-state index in [9.17, 15) is 4.79 Å². The maximum atomic E-state index is 12.2. The zero-order valence-corrected chi connectivity index (χ0v) is 18.1. The van der Waals surface area contributed by atoms with E-state index in [-0.39, 0.29) is 12.5 Å². The number of aryl methyl sites for hydroxylation is 1. The molecule has 7 heteroatoms. The minimum absolute atomic E-state index is 0.105. The number of hydrogen-bond acceptors (Lipinski definition) is 5. The number of amides is 1. The Morgan fingerprint density at radius 2 is 1.82 bits per heavy atom. The van der Waals surface area contributed by atoms with Crippen LogP contribution >= 0.6 is 15.9 Å². The van der Waals surface area contributed by atoms with Gasteiger partial charge in [0.25, 0.3) is 5.91 Å². The highest BCUT2D eigenvalue weighted by Gasteiger charge is 2.13. The molecule has 28 heavy (non-hydrogen) atoms. The molecule has 0 heterocycles. The highest BCUT2D eigenvalue weighted by atomic mass is 79.9. The van der Waals surface area contributed by atoms with E-state index >= 15 is 0 Å². The van der Waals surface area contributed by atoms with Crippen molar-refractivity contribution in [1.82, 2.24) is 5.32 Å². The molecule has 1 amide bonds. The monoisotopic (exact) mass is 450 g/mol. The molecule has 0 saturated heterocycles. The molecule has 0 aliphatic carbocycles. The van der Waals surface area contributed by atoms with Crippen LogP contribution in [0.3, 0.4) is 0 Å². The maximum Gasteiger partial charge on any atom is 0.262 e. The van der Waals surface area contributed by atoms with Gasteiger partial charge in [-0.3, -0.25) is 4.79 Å². The molecular weight excluding hydrogens is 424 g/mol. The molecule has 2 rings (SSSR count). The number of anilines is 1. The van der Waals surface area contributed by atoms with Crippen LogP contribution in [-0.4, -0.2) is 39.4 Å². The fraction of sp³-hybridized carbons (Fsp3) is 0.381. The molecule has 6 nitrogen and oxygen atoms in total. The third-order valence-corrected chi connectivity index (χ3v) is 4.64. The normalized spacial score (nSPS) is 10.6. The van der Waals surface area contributed by atoms with Crippen LogP contribution in [0.25, 0.3) is 0 Å². The minimum Gasteiger partial charge on any atom is -0.490 e. The van der Waals surface area contributed by atoms with E-state index in [1.165, 1.54) is 0 Å². The fourth-order valence-electron chi connectivity index (χ4n) is 2.47. The van der Waals surface area contributed by atoms with E-state index in [4.69, 9.17) is 14.2 Å². The second-order valence-electron chi connectivity index (χ2n) is 6.20. The zero-order valence-electron chi connectivity index (χ0n) is 16.5. The lowest BCUT2D eigenvalue weighted by atomic mass is 10.2. The topological polar surface area (TPSA) is 68.8 Å². The van der Waals surface area contributed by atoms with Gasteiger partial charge in [-0.15, -0.1) is 0 Å². The molecule has 0 atom stereocenters. The van der Waals surface area contributed by atoms with Crippen molar-refractivity contribution < 1.29 is 19.0 Å². The van der Waals surface area contributed by atoms with Gasteiger partial charge in [-0.05, 0) is 43.7 Å². The van der Waals surface area contributed by atoms with Gasteiger partial charge in [0.2, 0.25) is 0 Å². The first kappa shape index (κ1) is 22.2. The third-order valence-electron chi connectivity index (χ3n) is 3.91. The van der Waals surface area contributed by atoms with Crippen LogP contribution in [0.5, 0.6) is 11.5 Å². The van der Waals surface area contributed by atoms with Crippen molar-refractivity contribution in [3.05, 3.63) is 52.0 Å². The Bertz CT molecular complexity index is 766. The fourth-order valence-corrected chi connectivity index (χ4v) is 2.93. The number of nitrogens with one attached hydrogen (secondary N) is 2. The Hall–Kier alpha value is -2.09. The summed E-state index contributed by atoms with van der Waals surface area (Å²) in [5, 5.41) is 6.12. The summed E-state index contributed by atoms with van der Waals surface area (Å²) < 4.78 is 17.3. The van der Waals surface area contributed by atoms with Crippen molar-refractivity contribution in [2.45, 2.75) is 20.4 Å². The lowest BCUT2D eigenvalue weighted by Crippen LogP contribution is -2.21. The number of halogens is 1. The maximum absolute atomic E-state index is 12.2. The lowest BCUT2D eigenvalue weighted by molar-refractivity contribution is -0.118. The average molecular weight is 451 g/mol. The summed E-state index contributed by atoms with van der Waals surface area (Å²) in [4.78, 5) is 12.2. The Kier molecular flexibility index (Phi) is 9.27. The van der Waals surface area contributed by atoms with Crippen molar-refractivity contribution in [3.8, 4) is 11.5 Å². The summed E-state index contributed by atoms with van der Waals surface area (Å²) in [5.74, 6) is 0.901. The molecule has 2 aromatic rings. The van der Waals surface area contributed by atoms with Gasteiger partial charge in [-0.25, -0.2) is 0 Å². The SMILES string of the molecule is CCOc1cc(CNCCOC)c(Br)cc1OCC(=O)Nc1ccc(C)cc1. The molecule has 0 aliphatic heterocycles. The van der Waals surface area contributed by atoms with Crippen molar-refractivity contribution in [1.29, 1.82) is 0 Å². The summed E-state index contributed by atoms with van der Waals surface area (Å²) >= 11 is 3.56. The van der Waals surface area contributed by atoms with Gasteiger partial charge in [0.15, 0.2) is 18.1 Å². The van der Waals surface area contributed by atoms with Crippen LogP contribution in [0.4, 0.5) is 5.69 Å². The number of methoxy groups -OCH3 is 1. The minimum atomic E-state index is -0.229. The number of carbonyl (C=O) groups excluding carboxylic acids is 1.